The minimum Gasteiger partial charge on any atom is -0.294 e. The molecule has 0 radical (unpaired) electrons. The highest BCUT2D eigenvalue weighted by molar-refractivity contribution is 6.31. The molecule has 2 aromatic carbocycles. The van der Waals surface area contributed by atoms with Gasteiger partial charge in [0.05, 0.1) is 23.8 Å². The molecule has 3 nitrogen and oxygen atoms in total. The summed E-state index contributed by atoms with van der Waals surface area (Å²) in [6.45, 7) is 0.383. The summed E-state index contributed by atoms with van der Waals surface area (Å²) in [7, 11) is 0. The minimum absolute atomic E-state index is 0.127. The molecular weight excluding hydrogens is 295 g/mol. The number of benzene rings is 2. The highest BCUT2D eigenvalue weighted by atomic mass is 35.5. The lowest BCUT2D eigenvalue weighted by molar-refractivity contribution is 0.748. The number of halogens is 2. The van der Waals surface area contributed by atoms with E-state index >= 15 is 0 Å². The molecule has 0 unspecified atom stereocenters. The highest BCUT2D eigenvalue weighted by Gasteiger charge is 2.07. The second kappa shape index (κ2) is 5.27. The normalized spacial score (nSPS) is 10.9. The molecule has 100 valence electrons. The van der Waals surface area contributed by atoms with Crippen molar-refractivity contribution in [3.8, 4) is 0 Å². The van der Waals surface area contributed by atoms with Crippen molar-refractivity contribution in [3.05, 3.63) is 74.8 Å². The Bertz CT molecular complexity index is 843. The molecule has 3 aromatic rings. The third-order valence-corrected chi connectivity index (χ3v) is 3.69. The van der Waals surface area contributed by atoms with Gasteiger partial charge < -0.3 is 0 Å². The lowest BCUT2D eigenvalue weighted by Crippen LogP contribution is -2.21. The van der Waals surface area contributed by atoms with E-state index < -0.39 is 0 Å². The smallest absolute Gasteiger partial charge is 0.261 e. The maximum Gasteiger partial charge on any atom is 0.261 e. The topological polar surface area (TPSA) is 34.9 Å². The van der Waals surface area contributed by atoms with Gasteiger partial charge in [0, 0.05) is 10.0 Å². The number of hydrogen-bond donors (Lipinski definition) is 0. The van der Waals surface area contributed by atoms with Crippen molar-refractivity contribution in [1.29, 1.82) is 0 Å². The van der Waals surface area contributed by atoms with Crippen molar-refractivity contribution in [1.82, 2.24) is 9.55 Å². The first kappa shape index (κ1) is 13.2. The van der Waals surface area contributed by atoms with Crippen LogP contribution in [0.5, 0.6) is 0 Å². The molecule has 3 rings (SSSR count). The van der Waals surface area contributed by atoms with Crippen LogP contribution in [-0.4, -0.2) is 9.55 Å². The van der Waals surface area contributed by atoms with Gasteiger partial charge in [-0.2, -0.15) is 0 Å². The summed E-state index contributed by atoms with van der Waals surface area (Å²) in [5.74, 6) is 0. The van der Waals surface area contributed by atoms with Gasteiger partial charge in [-0.25, -0.2) is 4.98 Å². The van der Waals surface area contributed by atoms with E-state index in [-0.39, 0.29) is 5.56 Å². The average molecular weight is 305 g/mol. The average Bonchev–Trinajstić information content (AvgIpc) is 2.45. The monoisotopic (exact) mass is 304 g/mol. The molecule has 0 bridgehead atoms. The van der Waals surface area contributed by atoms with Crippen molar-refractivity contribution in [2.75, 3.05) is 0 Å². The first-order valence-corrected chi connectivity index (χ1v) is 6.79. The molecule has 5 heteroatoms. The standard InChI is InChI=1S/C15H10Cl2N2O/c16-11-5-6-14-12(7-11)15(20)19(9-18-14)8-10-3-1-2-4-13(10)17/h1-7,9H,8H2. The third kappa shape index (κ3) is 2.42. The molecule has 0 aliphatic rings. The predicted molar refractivity (Wildman–Crippen MR) is 81.6 cm³/mol. The third-order valence-electron chi connectivity index (χ3n) is 3.08. The van der Waals surface area contributed by atoms with Crippen LogP contribution in [0.25, 0.3) is 10.9 Å². The van der Waals surface area contributed by atoms with E-state index in [1.54, 1.807) is 24.3 Å². The van der Waals surface area contributed by atoms with E-state index in [1.807, 2.05) is 18.2 Å². The predicted octanol–water partition coefficient (Wildman–Crippen LogP) is 3.75. The van der Waals surface area contributed by atoms with Gasteiger partial charge >= 0.3 is 0 Å². The number of aromatic nitrogens is 2. The molecule has 0 aliphatic heterocycles. The first-order valence-electron chi connectivity index (χ1n) is 6.03. The Balaban J connectivity index is 2.11. The maximum absolute atomic E-state index is 12.4. The van der Waals surface area contributed by atoms with Gasteiger partial charge in [0.1, 0.15) is 0 Å². The van der Waals surface area contributed by atoms with E-state index in [0.29, 0.717) is 27.5 Å². The van der Waals surface area contributed by atoms with Crippen molar-refractivity contribution < 1.29 is 0 Å². The number of fused-ring (bicyclic) bond motifs is 1. The van der Waals surface area contributed by atoms with Crippen LogP contribution in [0, 0.1) is 0 Å². The summed E-state index contributed by atoms with van der Waals surface area (Å²) in [6.07, 6.45) is 1.53. The van der Waals surface area contributed by atoms with Crippen molar-refractivity contribution in [2.45, 2.75) is 6.54 Å². The second-order valence-corrected chi connectivity index (χ2v) is 5.27. The Morgan fingerprint density at radius 3 is 2.70 bits per heavy atom. The Kier molecular flexibility index (Phi) is 3.47. The summed E-state index contributed by atoms with van der Waals surface area (Å²) in [5, 5.41) is 1.66. The number of hydrogen-bond acceptors (Lipinski definition) is 2. The van der Waals surface area contributed by atoms with Crippen LogP contribution in [0.2, 0.25) is 10.0 Å². The molecule has 0 fully saturated rings. The fourth-order valence-electron chi connectivity index (χ4n) is 2.05. The summed E-state index contributed by atoms with van der Waals surface area (Å²) in [6, 6.07) is 12.5. The summed E-state index contributed by atoms with van der Waals surface area (Å²) < 4.78 is 1.53. The largest absolute Gasteiger partial charge is 0.294 e. The van der Waals surface area contributed by atoms with Gasteiger partial charge in [-0.05, 0) is 29.8 Å². The molecule has 0 atom stereocenters. The molecule has 0 aliphatic carbocycles. The summed E-state index contributed by atoms with van der Waals surface area (Å²) in [4.78, 5) is 16.7. The van der Waals surface area contributed by atoms with Gasteiger partial charge in [-0.3, -0.25) is 9.36 Å². The van der Waals surface area contributed by atoms with Crippen LogP contribution in [-0.2, 0) is 6.54 Å². The van der Waals surface area contributed by atoms with Gasteiger partial charge in [-0.1, -0.05) is 41.4 Å². The van der Waals surface area contributed by atoms with Gasteiger partial charge in [-0.15, -0.1) is 0 Å². The van der Waals surface area contributed by atoms with Crippen LogP contribution in [0.15, 0.2) is 53.6 Å². The van der Waals surface area contributed by atoms with E-state index in [4.69, 9.17) is 23.2 Å². The molecule has 20 heavy (non-hydrogen) atoms. The van der Waals surface area contributed by atoms with Crippen molar-refractivity contribution in [3.63, 3.8) is 0 Å². The van der Waals surface area contributed by atoms with E-state index in [0.717, 1.165) is 5.56 Å². The van der Waals surface area contributed by atoms with Gasteiger partial charge in [0.15, 0.2) is 0 Å². The van der Waals surface area contributed by atoms with E-state index in [9.17, 15) is 4.79 Å². The lowest BCUT2D eigenvalue weighted by Gasteiger charge is -2.08. The zero-order valence-electron chi connectivity index (χ0n) is 10.4. The molecule has 0 spiro atoms. The lowest BCUT2D eigenvalue weighted by atomic mass is 10.2. The van der Waals surface area contributed by atoms with Crippen LogP contribution < -0.4 is 5.56 Å². The molecule has 0 saturated heterocycles. The van der Waals surface area contributed by atoms with Crippen LogP contribution in [0.1, 0.15) is 5.56 Å². The Morgan fingerprint density at radius 1 is 1.10 bits per heavy atom. The van der Waals surface area contributed by atoms with Gasteiger partial charge in [0.2, 0.25) is 0 Å². The van der Waals surface area contributed by atoms with Crippen LogP contribution in [0.3, 0.4) is 0 Å². The Labute approximate surface area is 125 Å². The van der Waals surface area contributed by atoms with Crippen molar-refractivity contribution >= 4 is 34.1 Å². The highest BCUT2D eigenvalue weighted by Crippen LogP contribution is 2.17. The maximum atomic E-state index is 12.4. The molecular formula is C15H10Cl2N2O. The first-order chi connectivity index (χ1) is 9.65. The summed E-state index contributed by atoms with van der Waals surface area (Å²) in [5.41, 5.74) is 1.38. The summed E-state index contributed by atoms with van der Waals surface area (Å²) >= 11 is 12.0. The number of nitrogens with zero attached hydrogens (tertiary/aromatic N) is 2. The fraction of sp³-hybridized carbons (Fsp3) is 0.0667. The molecule has 1 aromatic heterocycles. The van der Waals surface area contributed by atoms with Gasteiger partial charge in [0.25, 0.3) is 5.56 Å². The van der Waals surface area contributed by atoms with E-state index in [1.165, 1.54) is 10.9 Å². The minimum atomic E-state index is -0.127. The Morgan fingerprint density at radius 2 is 1.90 bits per heavy atom. The van der Waals surface area contributed by atoms with Crippen LogP contribution >= 0.6 is 23.2 Å². The van der Waals surface area contributed by atoms with E-state index in [2.05, 4.69) is 4.98 Å². The quantitative estimate of drug-likeness (QED) is 0.722. The number of rotatable bonds is 2. The SMILES string of the molecule is O=c1c2cc(Cl)ccc2ncn1Cc1ccccc1Cl. The zero-order chi connectivity index (χ0) is 14.1. The second-order valence-electron chi connectivity index (χ2n) is 4.43. The fourth-order valence-corrected chi connectivity index (χ4v) is 2.42. The molecule has 1 heterocycles. The molecule has 0 saturated carbocycles. The molecule has 0 N–H and O–H groups in total. The van der Waals surface area contributed by atoms with Crippen LogP contribution in [0.4, 0.5) is 0 Å². The zero-order valence-corrected chi connectivity index (χ0v) is 11.9. The Hall–Kier alpha value is -1.84. The molecule has 0 amide bonds. The van der Waals surface area contributed by atoms with Crippen molar-refractivity contribution in [2.24, 2.45) is 0 Å².